The number of nitrogens with two attached hydrogens (primary N) is 1. The molecule has 0 spiro atoms. The standard InChI is InChI=1S/C16H23ClN2O2/c1-4-16(3)13(9-14(16)21-5-2)19-12-8-10(15(18)20)6-7-11(12)17/h6-8,13-14,19H,4-5,9H2,1-3H3,(H2,18,20). The normalized spacial score (nSPS) is 28.0. The number of carbonyl (C=O) groups is 1. The van der Waals surface area contributed by atoms with Crippen molar-refractivity contribution in [1.29, 1.82) is 0 Å². The van der Waals surface area contributed by atoms with Gasteiger partial charge in [0.2, 0.25) is 5.91 Å². The van der Waals surface area contributed by atoms with E-state index in [1.54, 1.807) is 18.2 Å². The number of hydrogen-bond acceptors (Lipinski definition) is 3. The predicted molar refractivity (Wildman–Crippen MR) is 85.8 cm³/mol. The summed E-state index contributed by atoms with van der Waals surface area (Å²) >= 11 is 6.21. The van der Waals surface area contributed by atoms with Crippen molar-refractivity contribution < 1.29 is 9.53 Å². The zero-order chi connectivity index (χ0) is 15.6. The number of halogens is 1. The van der Waals surface area contributed by atoms with Crippen LogP contribution in [-0.4, -0.2) is 24.7 Å². The van der Waals surface area contributed by atoms with Crippen molar-refractivity contribution in [2.24, 2.45) is 11.1 Å². The summed E-state index contributed by atoms with van der Waals surface area (Å²) < 4.78 is 5.80. The van der Waals surface area contributed by atoms with Crippen LogP contribution in [0.1, 0.15) is 44.0 Å². The summed E-state index contributed by atoms with van der Waals surface area (Å²) in [5.41, 5.74) is 6.61. The van der Waals surface area contributed by atoms with E-state index in [1.807, 2.05) is 6.92 Å². The Morgan fingerprint density at radius 3 is 2.81 bits per heavy atom. The van der Waals surface area contributed by atoms with Crippen LogP contribution in [0.4, 0.5) is 5.69 Å². The highest BCUT2D eigenvalue weighted by Crippen LogP contribution is 2.47. The van der Waals surface area contributed by atoms with E-state index in [1.165, 1.54) is 0 Å². The topological polar surface area (TPSA) is 64.3 Å². The lowest BCUT2D eigenvalue weighted by Gasteiger charge is -2.54. The molecule has 0 saturated heterocycles. The molecule has 0 heterocycles. The number of nitrogens with one attached hydrogen (secondary N) is 1. The lowest BCUT2D eigenvalue weighted by Crippen LogP contribution is -2.59. The Labute approximate surface area is 131 Å². The molecule has 4 nitrogen and oxygen atoms in total. The monoisotopic (exact) mass is 310 g/mol. The second kappa shape index (κ2) is 6.24. The molecule has 116 valence electrons. The van der Waals surface area contributed by atoms with Gasteiger partial charge in [0, 0.05) is 23.6 Å². The number of hydrogen-bond donors (Lipinski definition) is 2. The first-order valence-electron chi connectivity index (χ1n) is 7.39. The van der Waals surface area contributed by atoms with Crippen molar-refractivity contribution in [3.8, 4) is 0 Å². The first kappa shape index (κ1) is 16.1. The third kappa shape index (κ3) is 3.01. The van der Waals surface area contributed by atoms with Gasteiger partial charge in [-0.3, -0.25) is 4.79 Å². The lowest BCUT2D eigenvalue weighted by molar-refractivity contribution is -0.109. The Balaban J connectivity index is 2.15. The van der Waals surface area contributed by atoms with Gasteiger partial charge in [-0.1, -0.05) is 25.4 Å². The van der Waals surface area contributed by atoms with E-state index in [0.717, 1.165) is 25.1 Å². The molecular weight excluding hydrogens is 288 g/mol. The summed E-state index contributed by atoms with van der Waals surface area (Å²) in [4.78, 5) is 11.3. The van der Waals surface area contributed by atoms with Crippen LogP contribution in [0.25, 0.3) is 0 Å². The van der Waals surface area contributed by atoms with Gasteiger partial charge >= 0.3 is 0 Å². The molecule has 3 atom stereocenters. The van der Waals surface area contributed by atoms with Crippen LogP contribution in [0.5, 0.6) is 0 Å². The van der Waals surface area contributed by atoms with E-state index in [-0.39, 0.29) is 17.6 Å². The largest absolute Gasteiger partial charge is 0.380 e. The van der Waals surface area contributed by atoms with Crippen molar-refractivity contribution >= 4 is 23.2 Å². The summed E-state index contributed by atoms with van der Waals surface area (Å²) in [6.45, 7) is 7.14. The molecule has 21 heavy (non-hydrogen) atoms. The Morgan fingerprint density at radius 2 is 2.24 bits per heavy atom. The molecular formula is C16H23ClN2O2. The van der Waals surface area contributed by atoms with Crippen LogP contribution in [0, 0.1) is 5.41 Å². The highest BCUT2D eigenvalue weighted by molar-refractivity contribution is 6.33. The molecule has 1 aliphatic carbocycles. The van der Waals surface area contributed by atoms with Crippen LogP contribution in [0.3, 0.4) is 0 Å². The Morgan fingerprint density at radius 1 is 1.52 bits per heavy atom. The third-order valence-corrected chi connectivity index (χ3v) is 5.02. The quantitative estimate of drug-likeness (QED) is 0.846. The number of primary amides is 1. The highest BCUT2D eigenvalue weighted by Gasteiger charge is 2.51. The van der Waals surface area contributed by atoms with E-state index in [4.69, 9.17) is 22.1 Å². The average molecular weight is 311 g/mol. The lowest BCUT2D eigenvalue weighted by atomic mass is 9.61. The fourth-order valence-electron chi connectivity index (χ4n) is 2.95. The molecule has 2 rings (SSSR count). The molecule has 1 aromatic carbocycles. The van der Waals surface area contributed by atoms with Gasteiger partial charge in [0.1, 0.15) is 0 Å². The van der Waals surface area contributed by atoms with Gasteiger partial charge in [0.05, 0.1) is 16.8 Å². The van der Waals surface area contributed by atoms with E-state index < -0.39 is 5.91 Å². The SMILES string of the molecule is CCOC1CC(Nc2cc(C(N)=O)ccc2Cl)C1(C)CC. The molecule has 3 unspecified atom stereocenters. The molecule has 0 bridgehead atoms. The summed E-state index contributed by atoms with van der Waals surface area (Å²) in [5.74, 6) is -0.450. The highest BCUT2D eigenvalue weighted by atomic mass is 35.5. The van der Waals surface area contributed by atoms with Gasteiger partial charge in [0.25, 0.3) is 0 Å². The average Bonchev–Trinajstić information content (AvgIpc) is 2.46. The van der Waals surface area contributed by atoms with Crippen molar-refractivity contribution in [3.63, 3.8) is 0 Å². The zero-order valence-electron chi connectivity index (χ0n) is 12.8. The first-order chi connectivity index (χ1) is 9.92. The number of amides is 1. The third-order valence-electron chi connectivity index (χ3n) is 4.69. The maximum Gasteiger partial charge on any atom is 0.248 e. The molecule has 0 radical (unpaired) electrons. The molecule has 0 aromatic heterocycles. The first-order valence-corrected chi connectivity index (χ1v) is 7.77. The fourth-order valence-corrected chi connectivity index (χ4v) is 3.12. The number of carbonyl (C=O) groups excluding carboxylic acids is 1. The summed E-state index contributed by atoms with van der Waals surface area (Å²) in [6, 6.07) is 5.33. The van der Waals surface area contributed by atoms with Crippen LogP contribution in [0.2, 0.25) is 5.02 Å². The van der Waals surface area contributed by atoms with E-state index in [0.29, 0.717) is 10.6 Å². The Hall–Kier alpha value is -1.26. The van der Waals surface area contributed by atoms with Gasteiger partial charge in [0.15, 0.2) is 0 Å². The van der Waals surface area contributed by atoms with Crippen LogP contribution in [0.15, 0.2) is 18.2 Å². The molecule has 1 aliphatic rings. The van der Waals surface area contributed by atoms with E-state index >= 15 is 0 Å². The van der Waals surface area contributed by atoms with Crippen LogP contribution >= 0.6 is 11.6 Å². The van der Waals surface area contributed by atoms with Gasteiger partial charge in [-0.2, -0.15) is 0 Å². The number of ether oxygens (including phenoxy) is 1. The molecule has 1 aromatic rings. The minimum Gasteiger partial charge on any atom is -0.380 e. The van der Waals surface area contributed by atoms with Crippen molar-refractivity contribution in [1.82, 2.24) is 0 Å². The van der Waals surface area contributed by atoms with Crippen molar-refractivity contribution in [2.45, 2.75) is 45.8 Å². The van der Waals surface area contributed by atoms with Gasteiger partial charge < -0.3 is 15.8 Å². The number of anilines is 1. The van der Waals surface area contributed by atoms with Crippen molar-refractivity contribution in [2.75, 3.05) is 11.9 Å². The second-order valence-corrected chi connectivity index (χ2v) is 6.20. The van der Waals surface area contributed by atoms with Crippen LogP contribution < -0.4 is 11.1 Å². The Kier molecular flexibility index (Phi) is 4.79. The minimum atomic E-state index is -0.450. The van der Waals surface area contributed by atoms with Crippen molar-refractivity contribution in [3.05, 3.63) is 28.8 Å². The maximum atomic E-state index is 11.3. The number of benzene rings is 1. The predicted octanol–water partition coefficient (Wildman–Crippen LogP) is 3.44. The van der Waals surface area contributed by atoms with Gasteiger partial charge in [-0.15, -0.1) is 0 Å². The molecule has 1 saturated carbocycles. The van der Waals surface area contributed by atoms with E-state index in [2.05, 4.69) is 19.2 Å². The van der Waals surface area contributed by atoms with E-state index in [9.17, 15) is 4.79 Å². The molecule has 1 fully saturated rings. The maximum absolute atomic E-state index is 11.3. The summed E-state index contributed by atoms with van der Waals surface area (Å²) in [6.07, 6.45) is 2.22. The smallest absolute Gasteiger partial charge is 0.248 e. The molecule has 0 aliphatic heterocycles. The minimum absolute atomic E-state index is 0.0715. The van der Waals surface area contributed by atoms with Gasteiger partial charge in [-0.25, -0.2) is 0 Å². The zero-order valence-corrected chi connectivity index (χ0v) is 13.5. The molecule has 1 amide bonds. The fraction of sp³-hybridized carbons (Fsp3) is 0.562. The second-order valence-electron chi connectivity index (χ2n) is 5.79. The molecule has 3 N–H and O–H groups in total. The van der Waals surface area contributed by atoms with Crippen LogP contribution in [-0.2, 0) is 4.74 Å². The number of rotatable bonds is 6. The molecule has 5 heteroatoms. The van der Waals surface area contributed by atoms with Gasteiger partial charge in [-0.05, 0) is 38.0 Å². The summed E-state index contributed by atoms with van der Waals surface area (Å²) in [5, 5.41) is 4.05. The Bertz CT molecular complexity index is 535. The summed E-state index contributed by atoms with van der Waals surface area (Å²) in [7, 11) is 0.